The summed E-state index contributed by atoms with van der Waals surface area (Å²) in [6.45, 7) is 2.54. The second kappa shape index (κ2) is 6.30. The maximum Gasteiger partial charge on any atom is 0.241 e. The van der Waals surface area contributed by atoms with Crippen molar-refractivity contribution in [1.29, 1.82) is 0 Å². The Morgan fingerprint density at radius 1 is 1.44 bits per heavy atom. The average molecular weight is 271 g/mol. The molecular weight excluding hydrogens is 256 g/mol. The molecule has 0 saturated heterocycles. The number of aldehydes is 1. The Morgan fingerprint density at radius 2 is 2.11 bits per heavy atom. The first-order chi connectivity index (χ1) is 8.51. The molecule has 0 aliphatic heterocycles. The van der Waals surface area contributed by atoms with Crippen LogP contribution in [-0.4, -0.2) is 54.2 Å². The summed E-state index contributed by atoms with van der Waals surface area (Å²) >= 11 is 5.83. The summed E-state index contributed by atoms with van der Waals surface area (Å²) in [4.78, 5) is 33.6. The van der Waals surface area contributed by atoms with Gasteiger partial charge in [-0.1, -0.05) is 11.6 Å². The fourth-order valence-corrected chi connectivity index (χ4v) is 1.53. The molecule has 0 aliphatic carbocycles. The molecule has 0 atom stereocenters. The number of hydrogen-bond acceptors (Lipinski definition) is 5. The molecule has 1 aromatic heterocycles. The Bertz CT molecular complexity index is 451. The first-order valence-corrected chi connectivity index (χ1v) is 5.79. The van der Waals surface area contributed by atoms with E-state index in [1.54, 1.807) is 19.0 Å². The lowest BCUT2D eigenvalue weighted by atomic mass is 10.3. The van der Waals surface area contributed by atoms with Crippen molar-refractivity contribution in [2.24, 2.45) is 0 Å². The first kappa shape index (κ1) is 14.4. The van der Waals surface area contributed by atoms with E-state index in [2.05, 4.69) is 9.97 Å². The molecule has 0 spiro atoms. The Balaban J connectivity index is 3.05. The number of nitrogens with zero attached hydrogens (tertiary/aromatic N) is 4. The summed E-state index contributed by atoms with van der Waals surface area (Å²) in [5.74, 6) is 0.297. The molecule has 0 bridgehead atoms. The van der Waals surface area contributed by atoms with Crippen molar-refractivity contribution in [2.75, 3.05) is 32.1 Å². The van der Waals surface area contributed by atoms with Gasteiger partial charge in [0.2, 0.25) is 5.91 Å². The molecule has 0 saturated carbocycles. The highest BCUT2D eigenvalue weighted by Crippen LogP contribution is 2.21. The van der Waals surface area contributed by atoms with Gasteiger partial charge < -0.3 is 9.80 Å². The molecule has 0 radical (unpaired) electrons. The number of hydrogen-bond donors (Lipinski definition) is 0. The molecule has 1 rings (SSSR count). The molecule has 7 heteroatoms. The lowest BCUT2D eigenvalue weighted by Gasteiger charge is -2.24. The van der Waals surface area contributed by atoms with Crippen molar-refractivity contribution in [2.45, 2.75) is 6.92 Å². The van der Waals surface area contributed by atoms with Crippen molar-refractivity contribution < 1.29 is 9.59 Å². The highest BCUT2D eigenvalue weighted by molar-refractivity contribution is 6.32. The zero-order valence-electron chi connectivity index (χ0n) is 10.6. The Hall–Kier alpha value is -1.69. The molecule has 0 N–H and O–H groups in total. The van der Waals surface area contributed by atoms with Crippen LogP contribution >= 0.6 is 11.6 Å². The van der Waals surface area contributed by atoms with Crippen molar-refractivity contribution >= 4 is 29.6 Å². The number of rotatable bonds is 5. The van der Waals surface area contributed by atoms with Gasteiger partial charge in [-0.2, -0.15) is 0 Å². The highest BCUT2D eigenvalue weighted by atomic mass is 35.5. The Labute approximate surface area is 111 Å². The van der Waals surface area contributed by atoms with Gasteiger partial charge in [0.15, 0.2) is 6.29 Å². The topological polar surface area (TPSA) is 66.4 Å². The number of likely N-dealkylation sites (N-methyl/N-ethyl adjacent to an activating group) is 2. The van der Waals surface area contributed by atoms with Gasteiger partial charge >= 0.3 is 0 Å². The third-order valence-electron chi connectivity index (χ3n) is 2.44. The van der Waals surface area contributed by atoms with E-state index in [1.807, 2.05) is 6.92 Å². The zero-order valence-corrected chi connectivity index (χ0v) is 11.3. The van der Waals surface area contributed by atoms with Crippen LogP contribution in [0, 0.1) is 0 Å². The van der Waals surface area contributed by atoms with Gasteiger partial charge in [-0.25, -0.2) is 9.97 Å². The van der Waals surface area contributed by atoms with E-state index in [4.69, 9.17) is 11.6 Å². The van der Waals surface area contributed by atoms with Crippen molar-refractivity contribution in [3.63, 3.8) is 0 Å². The zero-order chi connectivity index (χ0) is 13.7. The third kappa shape index (κ3) is 3.16. The van der Waals surface area contributed by atoms with Gasteiger partial charge in [-0.15, -0.1) is 0 Å². The van der Waals surface area contributed by atoms with E-state index in [1.165, 1.54) is 11.2 Å². The SMILES string of the molecule is CCN(CC(=O)N(C)C)c1ncnc(Cl)c1C=O. The van der Waals surface area contributed by atoms with Gasteiger partial charge in [0.25, 0.3) is 0 Å². The smallest absolute Gasteiger partial charge is 0.241 e. The van der Waals surface area contributed by atoms with Crippen LogP contribution in [0.4, 0.5) is 5.82 Å². The van der Waals surface area contributed by atoms with Crippen LogP contribution in [0.3, 0.4) is 0 Å². The molecule has 98 valence electrons. The van der Waals surface area contributed by atoms with E-state index in [-0.39, 0.29) is 23.2 Å². The molecule has 0 fully saturated rings. The number of carbonyl (C=O) groups is 2. The maximum absolute atomic E-state index is 11.7. The van der Waals surface area contributed by atoms with Crippen molar-refractivity contribution in [3.8, 4) is 0 Å². The van der Waals surface area contributed by atoms with Gasteiger partial charge in [-0.3, -0.25) is 9.59 Å². The fourth-order valence-electron chi connectivity index (χ4n) is 1.36. The molecule has 0 unspecified atom stereocenters. The van der Waals surface area contributed by atoms with E-state index in [9.17, 15) is 9.59 Å². The summed E-state index contributed by atoms with van der Waals surface area (Å²) in [5.41, 5.74) is 0.201. The van der Waals surface area contributed by atoms with Gasteiger partial charge in [0.1, 0.15) is 17.3 Å². The lowest BCUT2D eigenvalue weighted by Crippen LogP contribution is -2.37. The lowest BCUT2D eigenvalue weighted by molar-refractivity contribution is -0.127. The summed E-state index contributed by atoms with van der Waals surface area (Å²) in [7, 11) is 3.34. The quantitative estimate of drug-likeness (QED) is 0.586. The molecule has 0 aliphatic rings. The molecule has 1 aromatic rings. The Morgan fingerprint density at radius 3 is 2.61 bits per heavy atom. The van der Waals surface area contributed by atoms with Crippen LogP contribution in [0.15, 0.2) is 6.33 Å². The number of halogens is 1. The predicted molar refractivity (Wildman–Crippen MR) is 69.0 cm³/mol. The third-order valence-corrected chi connectivity index (χ3v) is 2.74. The minimum absolute atomic E-state index is 0.0802. The molecule has 18 heavy (non-hydrogen) atoms. The number of aromatic nitrogens is 2. The van der Waals surface area contributed by atoms with Crippen LogP contribution in [-0.2, 0) is 4.79 Å². The van der Waals surface area contributed by atoms with Crippen molar-refractivity contribution in [1.82, 2.24) is 14.9 Å². The number of anilines is 1. The first-order valence-electron chi connectivity index (χ1n) is 5.42. The molecule has 1 amide bonds. The average Bonchev–Trinajstić information content (AvgIpc) is 2.35. The predicted octanol–water partition coefficient (Wildman–Crippen LogP) is 0.857. The molecule has 0 aromatic carbocycles. The normalized spacial score (nSPS) is 10.0. The van der Waals surface area contributed by atoms with E-state index in [0.29, 0.717) is 18.6 Å². The minimum Gasteiger partial charge on any atom is -0.347 e. The highest BCUT2D eigenvalue weighted by Gasteiger charge is 2.18. The molecule has 1 heterocycles. The monoisotopic (exact) mass is 270 g/mol. The van der Waals surface area contributed by atoms with Crippen molar-refractivity contribution in [3.05, 3.63) is 17.0 Å². The number of carbonyl (C=O) groups excluding carboxylic acids is 2. The van der Waals surface area contributed by atoms with Crippen LogP contribution in [0.5, 0.6) is 0 Å². The summed E-state index contributed by atoms with van der Waals surface area (Å²) in [5, 5.41) is 0.0887. The Kier molecular flexibility index (Phi) is 5.03. The largest absolute Gasteiger partial charge is 0.347 e. The van der Waals surface area contributed by atoms with E-state index < -0.39 is 0 Å². The van der Waals surface area contributed by atoms with Crippen LogP contribution in [0.1, 0.15) is 17.3 Å². The maximum atomic E-state index is 11.7. The van der Waals surface area contributed by atoms with Crippen LogP contribution < -0.4 is 4.90 Å². The minimum atomic E-state index is -0.0802. The van der Waals surface area contributed by atoms with Gasteiger partial charge in [-0.05, 0) is 6.92 Å². The summed E-state index contributed by atoms with van der Waals surface area (Å²) < 4.78 is 0. The standard InChI is InChI=1S/C11H15ClN4O2/c1-4-16(5-9(18)15(2)3)11-8(6-17)10(12)13-7-14-11/h6-7H,4-5H2,1-3H3. The second-order valence-corrected chi connectivity index (χ2v) is 4.18. The number of amides is 1. The molecular formula is C11H15ClN4O2. The summed E-state index contributed by atoms with van der Waals surface area (Å²) in [6.07, 6.45) is 1.87. The van der Waals surface area contributed by atoms with E-state index >= 15 is 0 Å². The van der Waals surface area contributed by atoms with Gasteiger partial charge in [0.05, 0.1) is 12.1 Å². The molecule has 6 nitrogen and oxygen atoms in total. The van der Waals surface area contributed by atoms with Gasteiger partial charge in [0, 0.05) is 20.6 Å². The van der Waals surface area contributed by atoms with Crippen LogP contribution in [0.2, 0.25) is 5.15 Å². The fraction of sp³-hybridized carbons (Fsp3) is 0.455. The van der Waals surface area contributed by atoms with Crippen LogP contribution in [0.25, 0.3) is 0 Å². The summed E-state index contributed by atoms with van der Waals surface area (Å²) in [6, 6.07) is 0. The van der Waals surface area contributed by atoms with E-state index in [0.717, 1.165) is 0 Å². The second-order valence-electron chi connectivity index (χ2n) is 3.82.